The number of nitrogens with one attached hydrogen (secondary N) is 1. The average Bonchev–Trinajstić information content (AvgIpc) is 3.03. The van der Waals surface area contributed by atoms with Gasteiger partial charge in [-0.3, -0.25) is 14.5 Å². The van der Waals surface area contributed by atoms with Crippen molar-refractivity contribution in [2.75, 3.05) is 52.5 Å². The number of hydrogen-bond acceptors (Lipinski definition) is 5. The van der Waals surface area contributed by atoms with E-state index in [1.54, 1.807) is 17.9 Å². The lowest BCUT2D eigenvalue weighted by molar-refractivity contribution is -0.121. The van der Waals surface area contributed by atoms with Crippen molar-refractivity contribution in [3.63, 3.8) is 0 Å². The number of nitrogens with zero attached hydrogens (tertiary/aromatic N) is 2. The first kappa shape index (κ1) is 22.4. The molecule has 0 radical (unpaired) electrons. The first-order valence-corrected chi connectivity index (χ1v) is 10.4. The lowest BCUT2D eigenvalue weighted by Gasteiger charge is -2.26. The minimum atomic E-state index is -0.0529. The first-order valence-electron chi connectivity index (χ1n) is 10.4. The SMILES string of the molecule is CCCCN(CCC(=O)NCCCN1CCOCC1)C(=O)c1cc(C)oc1C. The second kappa shape index (κ2) is 11.9. The fourth-order valence-electron chi connectivity index (χ4n) is 3.36. The number of rotatable bonds is 11. The first-order chi connectivity index (χ1) is 13.5. The number of amides is 2. The molecular weight excluding hydrogens is 358 g/mol. The Morgan fingerprint density at radius 3 is 2.57 bits per heavy atom. The quantitative estimate of drug-likeness (QED) is 0.584. The van der Waals surface area contributed by atoms with E-state index in [9.17, 15) is 9.59 Å². The molecule has 0 bridgehead atoms. The lowest BCUT2D eigenvalue weighted by Crippen LogP contribution is -2.39. The van der Waals surface area contributed by atoms with Gasteiger partial charge in [0.1, 0.15) is 11.5 Å². The molecule has 158 valence electrons. The predicted octanol–water partition coefficient (Wildman–Crippen LogP) is 2.37. The van der Waals surface area contributed by atoms with Crippen molar-refractivity contribution in [2.45, 2.75) is 46.5 Å². The summed E-state index contributed by atoms with van der Waals surface area (Å²) in [6, 6.07) is 1.78. The van der Waals surface area contributed by atoms with Gasteiger partial charge in [-0.15, -0.1) is 0 Å². The summed E-state index contributed by atoms with van der Waals surface area (Å²) in [5, 5.41) is 2.97. The van der Waals surface area contributed by atoms with Crippen LogP contribution in [0.25, 0.3) is 0 Å². The van der Waals surface area contributed by atoms with Gasteiger partial charge in [0.2, 0.25) is 5.91 Å². The van der Waals surface area contributed by atoms with Crippen molar-refractivity contribution >= 4 is 11.8 Å². The Kier molecular flexibility index (Phi) is 9.50. The smallest absolute Gasteiger partial charge is 0.257 e. The third-order valence-electron chi connectivity index (χ3n) is 5.03. The van der Waals surface area contributed by atoms with Crippen LogP contribution >= 0.6 is 0 Å². The number of furan rings is 1. The van der Waals surface area contributed by atoms with E-state index in [2.05, 4.69) is 17.1 Å². The normalized spacial score (nSPS) is 14.8. The molecule has 0 aliphatic carbocycles. The zero-order valence-corrected chi connectivity index (χ0v) is 17.6. The van der Waals surface area contributed by atoms with Crippen LogP contribution in [0, 0.1) is 13.8 Å². The highest BCUT2D eigenvalue weighted by molar-refractivity contribution is 5.95. The number of carbonyl (C=O) groups is 2. The summed E-state index contributed by atoms with van der Waals surface area (Å²) in [5.74, 6) is 1.31. The molecular formula is C21H35N3O4. The Balaban J connectivity index is 1.74. The second-order valence-corrected chi connectivity index (χ2v) is 7.38. The Morgan fingerprint density at radius 2 is 1.93 bits per heavy atom. The maximum absolute atomic E-state index is 12.9. The average molecular weight is 394 g/mol. The third kappa shape index (κ3) is 7.28. The molecule has 1 N–H and O–H groups in total. The minimum absolute atomic E-state index is 0.00336. The number of carbonyl (C=O) groups excluding carboxylic acids is 2. The van der Waals surface area contributed by atoms with E-state index >= 15 is 0 Å². The van der Waals surface area contributed by atoms with Gasteiger partial charge >= 0.3 is 0 Å². The van der Waals surface area contributed by atoms with Crippen LogP contribution in [0.3, 0.4) is 0 Å². The molecule has 1 aliphatic heterocycles. The number of morpholine rings is 1. The molecule has 0 unspecified atom stereocenters. The van der Waals surface area contributed by atoms with Gasteiger partial charge in [0.05, 0.1) is 18.8 Å². The highest BCUT2D eigenvalue weighted by Gasteiger charge is 2.21. The molecule has 0 atom stereocenters. The van der Waals surface area contributed by atoms with Crippen molar-refractivity contribution in [2.24, 2.45) is 0 Å². The number of ether oxygens (including phenoxy) is 1. The summed E-state index contributed by atoms with van der Waals surface area (Å²) in [5.41, 5.74) is 0.597. The molecule has 1 saturated heterocycles. The Morgan fingerprint density at radius 1 is 1.18 bits per heavy atom. The number of hydrogen-bond donors (Lipinski definition) is 1. The van der Waals surface area contributed by atoms with Gasteiger partial charge in [-0.05, 0) is 39.3 Å². The minimum Gasteiger partial charge on any atom is -0.466 e. The molecule has 0 saturated carbocycles. The van der Waals surface area contributed by atoms with Gasteiger partial charge in [-0.2, -0.15) is 0 Å². The lowest BCUT2D eigenvalue weighted by atomic mass is 10.2. The van der Waals surface area contributed by atoms with E-state index in [1.165, 1.54) is 0 Å². The number of unbranched alkanes of at least 4 members (excludes halogenated alkanes) is 1. The highest BCUT2D eigenvalue weighted by atomic mass is 16.5. The van der Waals surface area contributed by atoms with E-state index in [0.717, 1.165) is 57.9 Å². The largest absolute Gasteiger partial charge is 0.466 e. The van der Waals surface area contributed by atoms with E-state index < -0.39 is 0 Å². The van der Waals surface area contributed by atoms with E-state index in [4.69, 9.17) is 9.15 Å². The molecule has 2 amide bonds. The summed E-state index contributed by atoms with van der Waals surface area (Å²) in [6.45, 7) is 12.0. The summed E-state index contributed by atoms with van der Waals surface area (Å²) in [7, 11) is 0. The van der Waals surface area contributed by atoms with Crippen molar-refractivity contribution in [1.29, 1.82) is 0 Å². The standard InChI is InChI=1S/C21H35N3O4/c1-4-5-10-24(21(26)19-16-17(2)28-18(19)3)11-7-20(25)22-8-6-9-23-12-14-27-15-13-23/h16H,4-15H2,1-3H3,(H,22,25). The van der Waals surface area contributed by atoms with Crippen LogP contribution in [0.5, 0.6) is 0 Å². The molecule has 0 aromatic carbocycles. The maximum atomic E-state index is 12.9. The molecule has 7 nitrogen and oxygen atoms in total. The molecule has 28 heavy (non-hydrogen) atoms. The van der Waals surface area contributed by atoms with Crippen LogP contribution < -0.4 is 5.32 Å². The Hall–Kier alpha value is -1.86. The van der Waals surface area contributed by atoms with Gasteiger partial charge < -0.3 is 19.4 Å². The van der Waals surface area contributed by atoms with Gasteiger partial charge in [0.15, 0.2) is 0 Å². The van der Waals surface area contributed by atoms with Crippen LogP contribution in [-0.4, -0.2) is 74.1 Å². The topological polar surface area (TPSA) is 75.0 Å². The molecule has 1 aromatic heterocycles. The van der Waals surface area contributed by atoms with Gasteiger partial charge in [-0.25, -0.2) is 0 Å². The molecule has 1 fully saturated rings. The van der Waals surface area contributed by atoms with Crippen molar-refractivity contribution < 1.29 is 18.7 Å². The summed E-state index contributed by atoms with van der Waals surface area (Å²) < 4.78 is 10.8. The Bertz CT molecular complexity index is 623. The van der Waals surface area contributed by atoms with Crippen molar-refractivity contribution in [1.82, 2.24) is 15.1 Å². The molecule has 1 aliphatic rings. The summed E-state index contributed by atoms with van der Waals surface area (Å²) >= 11 is 0. The highest BCUT2D eigenvalue weighted by Crippen LogP contribution is 2.16. The number of aryl methyl sites for hydroxylation is 2. The zero-order chi connectivity index (χ0) is 20.4. The van der Waals surface area contributed by atoms with Crippen LogP contribution in [0.4, 0.5) is 0 Å². The van der Waals surface area contributed by atoms with Crippen molar-refractivity contribution in [3.05, 3.63) is 23.2 Å². The van der Waals surface area contributed by atoms with Crippen molar-refractivity contribution in [3.8, 4) is 0 Å². The molecule has 2 rings (SSSR count). The van der Waals surface area contributed by atoms with E-state index in [1.807, 2.05) is 6.92 Å². The molecule has 0 spiro atoms. The molecule has 1 aromatic rings. The third-order valence-corrected chi connectivity index (χ3v) is 5.03. The van der Waals surface area contributed by atoms with E-state index in [-0.39, 0.29) is 11.8 Å². The maximum Gasteiger partial charge on any atom is 0.257 e. The van der Waals surface area contributed by atoms with Crippen LogP contribution in [0.1, 0.15) is 54.5 Å². The fourth-order valence-corrected chi connectivity index (χ4v) is 3.36. The Labute approximate surface area is 168 Å². The second-order valence-electron chi connectivity index (χ2n) is 7.38. The van der Waals surface area contributed by atoms with Crippen LogP contribution in [0.15, 0.2) is 10.5 Å². The summed E-state index contributed by atoms with van der Waals surface area (Å²) in [4.78, 5) is 29.2. The fraction of sp³-hybridized carbons (Fsp3) is 0.714. The summed E-state index contributed by atoms with van der Waals surface area (Å²) in [6.07, 6.45) is 3.17. The van der Waals surface area contributed by atoms with Gasteiger partial charge in [-0.1, -0.05) is 13.3 Å². The van der Waals surface area contributed by atoms with Crippen LogP contribution in [0.2, 0.25) is 0 Å². The molecule has 2 heterocycles. The van der Waals surface area contributed by atoms with Gasteiger partial charge in [0, 0.05) is 39.1 Å². The zero-order valence-electron chi connectivity index (χ0n) is 17.6. The van der Waals surface area contributed by atoms with E-state index in [0.29, 0.717) is 37.4 Å². The van der Waals surface area contributed by atoms with Gasteiger partial charge in [0.25, 0.3) is 5.91 Å². The predicted molar refractivity (Wildman–Crippen MR) is 108 cm³/mol. The monoisotopic (exact) mass is 393 g/mol. The molecule has 7 heteroatoms. The van der Waals surface area contributed by atoms with Crippen LogP contribution in [-0.2, 0) is 9.53 Å².